The molecule has 6 nitrogen and oxygen atoms in total. The maximum atomic E-state index is 6.38. The number of nitrogen functional groups attached to an aromatic ring is 1. The van der Waals surface area contributed by atoms with E-state index in [1.54, 1.807) is 18.3 Å². The molecule has 0 radical (unpaired) electrons. The average molecular weight is 378 g/mol. The molecular formula is C20H16ClN5O. The zero-order chi connectivity index (χ0) is 18.6. The van der Waals surface area contributed by atoms with Gasteiger partial charge in [0, 0.05) is 17.6 Å². The third-order valence-corrected chi connectivity index (χ3v) is 4.30. The Morgan fingerprint density at radius 3 is 2.70 bits per heavy atom. The van der Waals surface area contributed by atoms with Gasteiger partial charge in [0.2, 0.25) is 0 Å². The lowest BCUT2D eigenvalue weighted by Gasteiger charge is -2.14. The number of pyridine rings is 1. The van der Waals surface area contributed by atoms with Crippen molar-refractivity contribution in [1.82, 2.24) is 15.0 Å². The highest BCUT2D eigenvalue weighted by Gasteiger charge is 2.11. The number of nitrogens with two attached hydrogens (primary N) is 1. The Balaban J connectivity index is 1.58. The summed E-state index contributed by atoms with van der Waals surface area (Å²) in [5.74, 6) is 1.16. The predicted molar refractivity (Wildman–Crippen MR) is 107 cm³/mol. The summed E-state index contributed by atoms with van der Waals surface area (Å²) in [4.78, 5) is 12.8. The summed E-state index contributed by atoms with van der Waals surface area (Å²) in [6.07, 6.45) is 3.22. The van der Waals surface area contributed by atoms with Gasteiger partial charge in [-0.25, -0.2) is 9.97 Å². The first kappa shape index (κ1) is 17.1. The van der Waals surface area contributed by atoms with Crippen LogP contribution in [-0.4, -0.2) is 15.0 Å². The number of fused-ring (bicyclic) bond motifs is 1. The second kappa shape index (κ2) is 7.47. The number of ether oxygens (including phenoxy) is 1. The zero-order valence-corrected chi connectivity index (χ0v) is 15.0. The second-order valence-electron chi connectivity index (χ2n) is 5.84. The molecule has 0 aliphatic rings. The quantitative estimate of drug-likeness (QED) is 0.495. The molecule has 134 valence electrons. The zero-order valence-electron chi connectivity index (χ0n) is 14.3. The molecule has 0 amide bonds. The van der Waals surface area contributed by atoms with Gasteiger partial charge < -0.3 is 15.8 Å². The lowest BCUT2D eigenvalue weighted by Crippen LogP contribution is -2.02. The van der Waals surface area contributed by atoms with Crippen molar-refractivity contribution in [2.75, 3.05) is 11.1 Å². The van der Waals surface area contributed by atoms with Crippen molar-refractivity contribution in [3.8, 4) is 5.75 Å². The number of anilines is 3. The molecule has 0 atom stereocenters. The van der Waals surface area contributed by atoms with Gasteiger partial charge in [0.1, 0.15) is 24.5 Å². The number of nitrogens with one attached hydrogen (secondary N) is 1. The van der Waals surface area contributed by atoms with Gasteiger partial charge in [-0.2, -0.15) is 0 Å². The Morgan fingerprint density at radius 1 is 1.00 bits per heavy atom. The molecule has 2 heterocycles. The molecule has 0 bridgehead atoms. The predicted octanol–water partition coefficient (Wildman–Crippen LogP) is 4.58. The first-order chi connectivity index (χ1) is 13.2. The molecule has 7 heteroatoms. The van der Waals surface area contributed by atoms with Crippen LogP contribution in [0, 0.1) is 0 Å². The van der Waals surface area contributed by atoms with Crippen LogP contribution < -0.4 is 15.8 Å². The van der Waals surface area contributed by atoms with E-state index in [1.165, 1.54) is 6.33 Å². The van der Waals surface area contributed by atoms with Gasteiger partial charge in [0.15, 0.2) is 0 Å². The van der Waals surface area contributed by atoms with Gasteiger partial charge in [-0.05, 0) is 30.3 Å². The van der Waals surface area contributed by atoms with Gasteiger partial charge >= 0.3 is 0 Å². The van der Waals surface area contributed by atoms with Crippen LogP contribution in [-0.2, 0) is 6.61 Å². The van der Waals surface area contributed by atoms with Crippen molar-refractivity contribution < 1.29 is 4.74 Å². The van der Waals surface area contributed by atoms with Gasteiger partial charge in [-0.1, -0.05) is 29.8 Å². The second-order valence-corrected chi connectivity index (χ2v) is 6.25. The average Bonchev–Trinajstić information content (AvgIpc) is 2.70. The van der Waals surface area contributed by atoms with Crippen LogP contribution in [0.15, 0.2) is 67.1 Å². The topological polar surface area (TPSA) is 86.0 Å². The molecule has 4 rings (SSSR count). The van der Waals surface area contributed by atoms with E-state index in [0.29, 0.717) is 34.6 Å². The van der Waals surface area contributed by atoms with E-state index in [1.807, 2.05) is 42.5 Å². The summed E-state index contributed by atoms with van der Waals surface area (Å²) in [5, 5.41) is 4.57. The monoisotopic (exact) mass is 377 g/mol. The fraction of sp³-hybridized carbons (Fsp3) is 0.0500. The Kier molecular flexibility index (Phi) is 4.72. The minimum atomic E-state index is 0.309. The Hall–Kier alpha value is -3.38. The molecule has 0 saturated carbocycles. The standard InChI is InChI=1S/C20H16ClN5O/c21-15-9-18(26-20-14-6-1-2-7-17(14)24-12-25-20)16(22)10-19(15)27-11-13-5-3-4-8-23-13/h1-10,12H,11,22H2,(H,24,25,26). The van der Waals surface area contributed by atoms with Crippen LogP contribution in [0.25, 0.3) is 10.9 Å². The molecule has 0 aliphatic carbocycles. The summed E-state index contributed by atoms with van der Waals surface area (Å²) in [7, 11) is 0. The lowest BCUT2D eigenvalue weighted by atomic mass is 10.2. The summed E-state index contributed by atoms with van der Waals surface area (Å²) in [6, 6.07) is 16.8. The fourth-order valence-corrected chi connectivity index (χ4v) is 2.87. The molecule has 3 N–H and O–H groups in total. The number of aromatic nitrogens is 3. The number of halogens is 1. The van der Waals surface area contributed by atoms with E-state index in [9.17, 15) is 0 Å². The number of benzene rings is 2. The van der Waals surface area contributed by atoms with Crippen molar-refractivity contribution in [3.63, 3.8) is 0 Å². The highest BCUT2D eigenvalue weighted by molar-refractivity contribution is 6.32. The summed E-state index contributed by atoms with van der Waals surface area (Å²) >= 11 is 6.38. The molecular weight excluding hydrogens is 362 g/mol. The third kappa shape index (κ3) is 3.75. The van der Waals surface area contributed by atoms with Crippen LogP contribution in [0.3, 0.4) is 0 Å². The summed E-state index contributed by atoms with van der Waals surface area (Å²) < 4.78 is 5.75. The van der Waals surface area contributed by atoms with Gasteiger partial charge in [0.05, 0.1) is 27.6 Å². The number of nitrogens with zero attached hydrogens (tertiary/aromatic N) is 3. The van der Waals surface area contributed by atoms with Crippen LogP contribution in [0.2, 0.25) is 5.02 Å². The minimum absolute atomic E-state index is 0.309. The van der Waals surface area contributed by atoms with Crippen molar-refractivity contribution >= 4 is 39.7 Å². The Morgan fingerprint density at radius 2 is 1.85 bits per heavy atom. The van der Waals surface area contributed by atoms with Gasteiger partial charge in [-0.15, -0.1) is 0 Å². The van der Waals surface area contributed by atoms with E-state index < -0.39 is 0 Å². The van der Waals surface area contributed by atoms with Crippen molar-refractivity contribution in [3.05, 3.63) is 77.8 Å². The molecule has 2 aromatic heterocycles. The van der Waals surface area contributed by atoms with Crippen molar-refractivity contribution in [2.24, 2.45) is 0 Å². The lowest BCUT2D eigenvalue weighted by molar-refractivity contribution is 0.302. The van der Waals surface area contributed by atoms with Crippen LogP contribution >= 0.6 is 11.6 Å². The highest BCUT2D eigenvalue weighted by Crippen LogP contribution is 2.35. The number of rotatable bonds is 5. The van der Waals surface area contributed by atoms with Crippen LogP contribution in [0.1, 0.15) is 5.69 Å². The molecule has 0 unspecified atom stereocenters. The molecule has 0 saturated heterocycles. The summed E-state index contributed by atoms with van der Waals surface area (Å²) in [6.45, 7) is 0.309. The van der Waals surface area contributed by atoms with Crippen LogP contribution in [0.4, 0.5) is 17.2 Å². The smallest absolute Gasteiger partial charge is 0.141 e. The maximum Gasteiger partial charge on any atom is 0.141 e. The van der Waals surface area contributed by atoms with Crippen LogP contribution in [0.5, 0.6) is 5.75 Å². The normalized spacial score (nSPS) is 10.7. The fourth-order valence-electron chi connectivity index (χ4n) is 2.66. The number of para-hydroxylation sites is 1. The highest BCUT2D eigenvalue weighted by atomic mass is 35.5. The van der Waals surface area contributed by atoms with E-state index >= 15 is 0 Å². The molecule has 0 fully saturated rings. The Labute approximate surface area is 161 Å². The third-order valence-electron chi connectivity index (χ3n) is 4.00. The Bertz CT molecular complexity index is 1080. The molecule has 2 aromatic carbocycles. The SMILES string of the molecule is Nc1cc(OCc2ccccn2)c(Cl)cc1Nc1ncnc2ccccc12. The van der Waals surface area contributed by atoms with Crippen molar-refractivity contribution in [1.29, 1.82) is 0 Å². The number of hydrogen-bond acceptors (Lipinski definition) is 6. The van der Waals surface area contributed by atoms with Crippen molar-refractivity contribution in [2.45, 2.75) is 6.61 Å². The molecule has 0 spiro atoms. The van der Waals surface area contributed by atoms with E-state index in [-0.39, 0.29) is 0 Å². The molecule has 0 aliphatic heterocycles. The largest absolute Gasteiger partial charge is 0.486 e. The van der Waals surface area contributed by atoms with Gasteiger partial charge in [0.25, 0.3) is 0 Å². The van der Waals surface area contributed by atoms with E-state index in [4.69, 9.17) is 22.1 Å². The first-order valence-electron chi connectivity index (χ1n) is 8.29. The number of hydrogen-bond donors (Lipinski definition) is 2. The molecule has 4 aromatic rings. The van der Waals surface area contributed by atoms with Gasteiger partial charge in [-0.3, -0.25) is 4.98 Å². The first-order valence-corrected chi connectivity index (χ1v) is 8.67. The van der Waals surface area contributed by atoms with E-state index in [0.717, 1.165) is 16.6 Å². The molecule has 27 heavy (non-hydrogen) atoms. The minimum Gasteiger partial charge on any atom is -0.486 e. The maximum absolute atomic E-state index is 6.38. The van der Waals surface area contributed by atoms with E-state index in [2.05, 4.69) is 20.3 Å². The summed E-state index contributed by atoms with van der Waals surface area (Å²) in [5.41, 5.74) is 8.99.